The summed E-state index contributed by atoms with van der Waals surface area (Å²) < 4.78 is 5.40. The van der Waals surface area contributed by atoms with Crippen molar-refractivity contribution >= 4 is 37.9 Å². The van der Waals surface area contributed by atoms with E-state index in [1.807, 2.05) is 0 Å². The van der Waals surface area contributed by atoms with Crippen molar-refractivity contribution < 1.29 is 24.8 Å². The topological polar surface area (TPSA) is 111 Å². The molecule has 2 aromatic carbocycles. The van der Waals surface area contributed by atoms with Crippen LogP contribution in [0.2, 0.25) is 0 Å². The molecule has 0 aliphatic rings. The SMILES string of the molecule is O=c1c2ccc(O)c(O)c2oc2c(O)c(O)c(Br)cc12. The predicted molar refractivity (Wildman–Crippen MR) is 74.3 cm³/mol. The standard InChI is InChI=1S/C13H7BrO6/c14-6-3-5-8(16)4-1-2-7(15)10(18)12(4)20-13(5)11(19)9(6)17/h1-3,15,17-19H. The molecule has 3 rings (SSSR count). The van der Waals surface area contributed by atoms with Crippen LogP contribution in [-0.2, 0) is 0 Å². The minimum Gasteiger partial charge on any atom is -0.504 e. The van der Waals surface area contributed by atoms with E-state index in [-0.39, 0.29) is 26.4 Å². The summed E-state index contributed by atoms with van der Waals surface area (Å²) in [4.78, 5) is 12.3. The molecule has 0 aliphatic heterocycles. The van der Waals surface area contributed by atoms with Gasteiger partial charge in [0.15, 0.2) is 22.7 Å². The molecule has 0 atom stereocenters. The maximum absolute atomic E-state index is 12.3. The quantitative estimate of drug-likeness (QED) is 0.370. The van der Waals surface area contributed by atoms with E-state index in [1.54, 1.807) is 0 Å². The van der Waals surface area contributed by atoms with E-state index >= 15 is 0 Å². The zero-order valence-corrected chi connectivity index (χ0v) is 11.3. The zero-order chi connectivity index (χ0) is 14.6. The second kappa shape index (κ2) is 4.04. The van der Waals surface area contributed by atoms with Crippen LogP contribution >= 0.6 is 15.9 Å². The Hall–Kier alpha value is -2.41. The molecule has 102 valence electrons. The van der Waals surface area contributed by atoms with Crippen molar-refractivity contribution in [3.05, 3.63) is 32.9 Å². The molecular formula is C13H7BrO6. The zero-order valence-electron chi connectivity index (χ0n) is 9.72. The summed E-state index contributed by atoms with van der Waals surface area (Å²) in [5.74, 6) is -2.18. The third-order valence-corrected chi connectivity index (χ3v) is 3.59. The number of rotatable bonds is 0. The van der Waals surface area contributed by atoms with E-state index in [1.165, 1.54) is 12.1 Å². The molecule has 0 radical (unpaired) electrons. The average Bonchev–Trinajstić information content (AvgIpc) is 2.42. The van der Waals surface area contributed by atoms with E-state index < -0.39 is 28.4 Å². The number of phenolic OH excluding ortho intramolecular Hbond substituents is 4. The third kappa shape index (κ3) is 1.53. The molecule has 3 aromatic rings. The van der Waals surface area contributed by atoms with Crippen LogP contribution in [0.4, 0.5) is 0 Å². The van der Waals surface area contributed by atoms with E-state index in [4.69, 9.17) is 4.42 Å². The first kappa shape index (κ1) is 12.6. The number of hydrogen-bond acceptors (Lipinski definition) is 6. The number of hydrogen-bond donors (Lipinski definition) is 4. The van der Waals surface area contributed by atoms with Gasteiger partial charge in [-0.2, -0.15) is 0 Å². The Balaban J connectivity index is 2.65. The fraction of sp³-hybridized carbons (Fsp3) is 0. The highest BCUT2D eigenvalue weighted by atomic mass is 79.9. The number of benzene rings is 2. The predicted octanol–water partition coefficient (Wildman–Crippen LogP) is 2.53. The molecule has 0 bridgehead atoms. The van der Waals surface area contributed by atoms with Crippen LogP contribution in [0.5, 0.6) is 23.0 Å². The lowest BCUT2D eigenvalue weighted by molar-refractivity contribution is 0.393. The Bertz CT molecular complexity index is 928. The van der Waals surface area contributed by atoms with Crippen LogP contribution in [-0.4, -0.2) is 20.4 Å². The van der Waals surface area contributed by atoms with Crippen molar-refractivity contribution in [1.82, 2.24) is 0 Å². The molecule has 4 N–H and O–H groups in total. The van der Waals surface area contributed by atoms with E-state index in [0.717, 1.165) is 6.07 Å². The van der Waals surface area contributed by atoms with E-state index in [9.17, 15) is 25.2 Å². The molecule has 0 amide bonds. The van der Waals surface area contributed by atoms with Gasteiger partial charge in [-0.05, 0) is 34.1 Å². The molecule has 1 heterocycles. The molecular weight excluding hydrogens is 332 g/mol. The van der Waals surface area contributed by atoms with Crippen LogP contribution < -0.4 is 5.43 Å². The van der Waals surface area contributed by atoms with Crippen molar-refractivity contribution in [3.8, 4) is 23.0 Å². The monoisotopic (exact) mass is 338 g/mol. The minimum atomic E-state index is -0.629. The summed E-state index contributed by atoms with van der Waals surface area (Å²) in [6, 6.07) is 3.77. The molecule has 0 saturated heterocycles. The molecule has 0 aliphatic carbocycles. The molecule has 7 heteroatoms. The Labute approximate surface area is 119 Å². The smallest absolute Gasteiger partial charge is 0.203 e. The maximum atomic E-state index is 12.3. The normalized spacial score (nSPS) is 11.2. The summed E-state index contributed by atoms with van der Waals surface area (Å²) >= 11 is 3.01. The average molecular weight is 339 g/mol. The number of fused-ring (bicyclic) bond motifs is 2. The first-order valence-corrected chi connectivity index (χ1v) is 6.23. The van der Waals surface area contributed by atoms with Gasteiger partial charge in [0.05, 0.1) is 15.2 Å². The van der Waals surface area contributed by atoms with Crippen molar-refractivity contribution in [2.75, 3.05) is 0 Å². The molecule has 1 aromatic heterocycles. The van der Waals surface area contributed by atoms with Gasteiger partial charge in [-0.3, -0.25) is 4.79 Å². The highest BCUT2D eigenvalue weighted by Crippen LogP contribution is 2.42. The fourth-order valence-corrected chi connectivity index (χ4v) is 2.39. The van der Waals surface area contributed by atoms with Crippen molar-refractivity contribution in [2.24, 2.45) is 0 Å². The number of halogens is 1. The molecule has 20 heavy (non-hydrogen) atoms. The molecule has 0 unspecified atom stereocenters. The largest absolute Gasteiger partial charge is 0.504 e. The van der Waals surface area contributed by atoms with Gasteiger partial charge in [0.25, 0.3) is 0 Å². The minimum absolute atomic E-state index is 0.0322. The Kier molecular flexibility index (Phi) is 2.55. The summed E-state index contributed by atoms with van der Waals surface area (Å²) in [7, 11) is 0. The molecule has 0 spiro atoms. The molecule has 0 saturated carbocycles. The second-order valence-electron chi connectivity index (χ2n) is 4.17. The van der Waals surface area contributed by atoms with Gasteiger partial charge in [0, 0.05) is 0 Å². The van der Waals surface area contributed by atoms with Gasteiger partial charge < -0.3 is 24.8 Å². The highest BCUT2D eigenvalue weighted by molar-refractivity contribution is 9.10. The van der Waals surface area contributed by atoms with Gasteiger partial charge in [-0.15, -0.1) is 0 Å². The second-order valence-corrected chi connectivity index (χ2v) is 5.03. The first-order chi connectivity index (χ1) is 9.41. The van der Waals surface area contributed by atoms with Crippen molar-refractivity contribution in [1.29, 1.82) is 0 Å². The van der Waals surface area contributed by atoms with Crippen LogP contribution in [0, 0.1) is 0 Å². The summed E-state index contributed by atoms with van der Waals surface area (Å²) in [5.41, 5.74) is -1.05. The van der Waals surface area contributed by atoms with Gasteiger partial charge in [-0.25, -0.2) is 0 Å². The van der Waals surface area contributed by atoms with Crippen molar-refractivity contribution in [3.63, 3.8) is 0 Å². The van der Waals surface area contributed by atoms with Crippen LogP contribution in [0.1, 0.15) is 0 Å². The first-order valence-electron chi connectivity index (χ1n) is 5.43. The van der Waals surface area contributed by atoms with Gasteiger partial charge in [0.1, 0.15) is 0 Å². The number of aromatic hydroxyl groups is 4. The number of phenols is 4. The van der Waals surface area contributed by atoms with Crippen LogP contribution in [0.25, 0.3) is 21.9 Å². The fourth-order valence-electron chi connectivity index (χ4n) is 1.97. The Morgan fingerprint density at radius 3 is 2.25 bits per heavy atom. The van der Waals surface area contributed by atoms with E-state index in [0.29, 0.717) is 0 Å². The third-order valence-electron chi connectivity index (χ3n) is 2.98. The highest BCUT2D eigenvalue weighted by Gasteiger charge is 2.19. The van der Waals surface area contributed by atoms with Gasteiger partial charge in [0.2, 0.25) is 16.9 Å². The van der Waals surface area contributed by atoms with Crippen molar-refractivity contribution in [2.45, 2.75) is 0 Å². The maximum Gasteiger partial charge on any atom is 0.203 e. The van der Waals surface area contributed by atoms with Crippen LogP contribution in [0.3, 0.4) is 0 Å². The van der Waals surface area contributed by atoms with Crippen LogP contribution in [0.15, 0.2) is 31.9 Å². The Morgan fingerprint density at radius 1 is 0.900 bits per heavy atom. The lowest BCUT2D eigenvalue weighted by Gasteiger charge is -2.07. The van der Waals surface area contributed by atoms with Gasteiger partial charge in [-0.1, -0.05) is 0 Å². The van der Waals surface area contributed by atoms with Gasteiger partial charge >= 0.3 is 0 Å². The summed E-state index contributed by atoms with van der Waals surface area (Å²) in [6.45, 7) is 0. The molecule has 6 nitrogen and oxygen atoms in total. The lowest BCUT2D eigenvalue weighted by atomic mass is 10.1. The lowest BCUT2D eigenvalue weighted by Crippen LogP contribution is -2.02. The Morgan fingerprint density at radius 2 is 1.55 bits per heavy atom. The molecule has 0 fully saturated rings. The summed E-state index contributed by atoms with van der Waals surface area (Å²) in [5, 5.41) is 38.7. The summed E-state index contributed by atoms with van der Waals surface area (Å²) in [6.07, 6.45) is 0. The van der Waals surface area contributed by atoms with E-state index in [2.05, 4.69) is 15.9 Å².